The number of nitrogens with one attached hydrogen (secondary N) is 1. The summed E-state index contributed by atoms with van der Waals surface area (Å²) in [5.74, 6) is 2.79. The van der Waals surface area contributed by atoms with Gasteiger partial charge in [-0.25, -0.2) is 8.42 Å². The molecule has 3 nitrogen and oxygen atoms in total. The summed E-state index contributed by atoms with van der Waals surface area (Å²) >= 11 is 4.15. The van der Waals surface area contributed by atoms with E-state index in [1.165, 1.54) is 24.2 Å². The smallest absolute Gasteiger partial charge is 0.147 e. The van der Waals surface area contributed by atoms with Gasteiger partial charge >= 0.3 is 0 Å². The summed E-state index contributed by atoms with van der Waals surface area (Å²) in [4.78, 5) is 0. The van der Waals surface area contributed by atoms with Crippen LogP contribution in [0.25, 0.3) is 0 Å². The molecule has 0 aliphatic carbocycles. The molecule has 19 heavy (non-hydrogen) atoms. The van der Waals surface area contributed by atoms with E-state index >= 15 is 0 Å². The van der Waals surface area contributed by atoms with Crippen molar-refractivity contribution in [3.8, 4) is 0 Å². The summed E-state index contributed by atoms with van der Waals surface area (Å²) < 4.78 is 22.5. The fraction of sp³-hybridized carbons (Fsp3) is 1.00. The highest BCUT2D eigenvalue weighted by atomic mass is 32.2. The lowest BCUT2D eigenvalue weighted by molar-refractivity contribution is 0.459. The van der Waals surface area contributed by atoms with Crippen molar-refractivity contribution >= 4 is 33.4 Å². The van der Waals surface area contributed by atoms with Gasteiger partial charge in [-0.05, 0) is 25.8 Å². The van der Waals surface area contributed by atoms with Crippen LogP contribution < -0.4 is 5.32 Å². The predicted molar refractivity (Wildman–Crippen MR) is 89.2 cm³/mol. The van der Waals surface area contributed by atoms with Crippen LogP contribution in [0.2, 0.25) is 0 Å². The van der Waals surface area contributed by atoms with Gasteiger partial charge in [0.2, 0.25) is 0 Å². The van der Waals surface area contributed by atoms with Gasteiger partial charge in [-0.1, -0.05) is 13.8 Å². The van der Waals surface area contributed by atoms with Crippen molar-refractivity contribution in [3.05, 3.63) is 0 Å². The van der Waals surface area contributed by atoms with Gasteiger partial charge in [-0.3, -0.25) is 0 Å². The SMILES string of the molecule is CCNC(CCCS(C)(=O)=O)C1SCCSC1CC. The van der Waals surface area contributed by atoms with Crippen molar-refractivity contribution in [3.63, 3.8) is 0 Å². The Labute approximate surface area is 127 Å². The molecule has 1 aliphatic rings. The highest BCUT2D eigenvalue weighted by Crippen LogP contribution is 2.36. The molecule has 114 valence electrons. The molecular formula is C13H27NO2S3. The maximum Gasteiger partial charge on any atom is 0.147 e. The van der Waals surface area contributed by atoms with Gasteiger partial charge in [-0.15, -0.1) is 0 Å². The molecule has 3 atom stereocenters. The van der Waals surface area contributed by atoms with E-state index in [2.05, 4.69) is 42.7 Å². The van der Waals surface area contributed by atoms with E-state index in [9.17, 15) is 8.42 Å². The molecule has 0 aromatic heterocycles. The van der Waals surface area contributed by atoms with Crippen molar-refractivity contribution in [1.29, 1.82) is 0 Å². The molecule has 0 amide bonds. The Bertz CT molecular complexity index is 346. The lowest BCUT2D eigenvalue weighted by atomic mass is 10.0. The van der Waals surface area contributed by atoms with Crippen molar-refractivity contribution in [2.75, 3.05) is 30.1 Å². The van der Waals surface area contributed by atoms with Gasteiger partial charge in [0.25, 0.3) is 0 Å². The molecule has 1 rings (SSSR count). The number of hydrogen-bond acceptors (Lipinski definition) is 5. The summed E-state index contributed by atoms with van der Waals surface area (Å²) in [6.07, 6.45) is 4.27. The minimum atomic E-state index is -2.82. The van der Waals surface area contributed by atoms with Crippen LogP contribution in [0.15, 0.2) is 0 Å². The number of hydrogen-bond donors (Lipinski definition) is 1. The van der Waals surface area contributed by atoms with E-state index in [0.29, 0.717) is 22.3 Å². The van der Waals surface area contributed by atoms with Crippen LogP contribution in [0.1, 0.15) is 33.1 Å². The second kappa shape index (κ2) is 8.80. The highest BCUT2D eigenvalue weighted by Gasteiger charge is 2.31. The van der Waals surface area contributed by atoms with E-state index in [1.807, 2.05) is 0 Å². The monoisotopic (exact) mass is 325 g/mol. The third-order valence-corrected chi connectivity index (χ3v) is 7.82. The van der Waals surface area contributed by atoms with Crippen LogP contribution in [0.5, 0.6) is 0 Å². The predicted octanol–water partition coefficient (Wildman–Crippen LogP) is 2.42. The summed E-state index contributed by atoms with van der Waals surface area (Å²) in [6, 6.07) is 0.453. The van der Waals surface area contributed by atoms with Gasteiger partial charge in [0.15, 0.2) is 0 Å². The average Bonchev–Trinajstić information content (AvgIpc) is 2.36. The number of sulfone groups is 1. The third kappa shape index (κ3) is 6.74. The lowest BCUT2D eigenvalue weighted by Gasteiger charge is -2.36. The first-order valence-corrected chi connectivity index (χ1v) is 11.3. The summed E-state index contributed by atoms with van der Waals surface area (Å²) in [6.45, 7) is 5.35. The van der Waals surface area contributed by atoms with Crippen LogP contribution in [0.3, 0.4) is 0 Å². The van der Waals surface area contributed by atoms with Gasteiger partial charge in [0.1, 0.15) is 9.84 Å². The highest BCUT2D eigenvalue weighted by molar-refractivity contribution is 8.07. The third-order valence-electron chi connectivity index (χ3n) is 3.39. The van der Waals surface area contributed by atoms with E-state index in [4.69, 9.17) is 0 Å². The molecule has 0 aromatic rings. The first-order chi connectivity index (χ1) is 8.98. The van der Waals surface area contributed by atoms with Gasteiger partial charge in [-0.2, -0.15) is 23.5 Å². The standard InChI is InChI=1S/C13H27NO2S3/c1-4-12-13(18-9-8-17-12)11(14-5-2)7-6-10-19(3,15)16/h11-14H,4-10H2,1-3H3. The fourth-order valence-electron chi connectivity index (χ4n) is 2.52. The Balaban J connectivity index is 2.54. The second-order valence-corrected chi connectivity index (χ2v) is 9.98. The van der Waals surface area contributed by atoms with Crippen LogP contribution >= 0.6 is 23.5 Å². The summed E-state index contributed by atoms with van der Waals surface area (Å²) in [5, 5.41) is 4.91. The molecule has 1 N–H and O–H groups in total. The molecule has 0 spiro atoms. The molecule has 0 saturated carbocycles. The van der Waals surface area contributed by atoms with Gasteiger partial charge in [0, 0.05) is 40.1 Å². The minimum absolute atomic E-state index is 0.316. The number of thioether (sulfide) groups is 2. The van der Waals surface area contributed by atoms with Crippen LogP contribution in [0.4, 0.5) is 0 Å². The normalized spacial score (nSPS) is 26.3. The second-order valence-electron chi connectivity index (χ2n) is 5.09. The first-order valence-electron chi connectivity index (χ1n) is 7.12. The largest absolute Gasteiger partial charge is 0.313 e. The molecule has 0 aromatic carbocycles. The van der Waals surface area contributed by atoms with Crippen LogP contribution in [0, 0.1) is 0 Å². The van der Waals surface area contributed by atoms with Crippen molar-refractivity contribution in [1.82, 2.24) is 5.32 Å². The molecule has 1 aliphatic heterocycles. The Morgan fingerprint density at radius 1 is 1.26 bits per heavy atom. The van der Waals surface area contributed by atoms with Crippen LogP contribution in [-0.4, -0.2) is 55.0 Å². The average molecular weight is 326 g/mol. The number of rotatable bonds is 8. The summed E-state index contributed by atoms with van der Waals surface area (Å²) in [5.41, 5.74) is 0. The molecular weight excluding hydrogens is 298 g/mol. The van der Waals surface area contributed by atoms with Crippen molar-refractivity contribution in [2.24, 2.45) is 0 Å². The van der Waals surface area contributed by atoms with E-state index < -0.39 is 9.84 Å². The molecule has 1 heterocycles. The topological polar surface area (TPSA) is 46.2 Å². The Morgan fingerprint density at radius 3 is 2.53 bits per heavy atom. The Hall–Kier alpha value is 0.610. The zero-order valence-corrected chi connectivity index (χ0v) is 14.7. The lowest BCUT2D eigenvalue weighted by Crippen LogP contribution is -2.45. The fourth-order valence-corrected chi connectivity index (χ4v) is 6.52. The van der Waals surface area contributed by atoms with Gasteiger partial charge < -0.3 is 5.32 Å². The molecule has 0 bridgehead atoms. The minimum Gasteiger partial charge on any atom is -0.313 e. The molecule has 6 heteroatoms. The zero-order valence-electron chi connectivity index (χ0n) is 12.2. The Kier molecular flexibility index (Phi) is 8.18. The van der Waals surface area contributed by atoms with E-state index in [0.717, 1.165) is 19.4 Å². The molecule has 1 saturated heterocycles. The molecule has 3 unspecified atom stereocenters. The van der Waals surface area contributed by atoms with Gasteiger partial charge in [0.05, 0.1) is 0 Å². The van der Waals surface area contributed by atoms with Crippen LogP contribution in [-0.2, 0) is 9.84 Å². The summed E-state index contributed by atoms with van der Waals surface area (Å²) in [7, 11) is -2.82. The quantitative estimate of drug-likeness (QED) is 0.742. The first kappa shape index (κ1) is 17.7. The van der Waals surface area contributed by atoms with Crippen molar-refractivity contribution in [2.45, 2.75) is 49.7 Å². The zero-order chi connectivity index (χ0) is 14.3. The van der Waals surface area contributed by atoms with E-state index in [1.54, 1.807) is 0 Å². The molecule has 1 fully saturated rings. The maximum atomic E-state index is 11.2. The van der Waals surface area contributed by atoms with E-state index in [-0.39, 0.29) is 0 Å². The maximum absolute atomic E-state index is 11.2. The Morgan fingerprint density at radius 2 is 1.95 bits per heavy atom. The van der Waals surface area contributed by atoms with Crippen molar-refractivity contribution < 1.29 is 8.42 Å². The molecule has 0 radical (unpaired) electrons.